The molecule has 5 nitrogen and oxygen atoms in total. The van der Waals surface area contributed by atoms with Crippen molar-refractivity contribution in [2.24, 2.45) is 0 Å². The molecule has 0 radical (unpaired) electrons. The smallest absolute Gasteiger partial charge is 0.243 e. The highest BCUT2D eigenvalue weighted by atomic mass is 32.2. The van der Waals surface area contributed by atoms with E-state index in [1.807, 2.05) is 37.3 Å². The van der Waals surface area contributed by atoms with Crippen LogP contribution in [-0.4, -0.2) is 57.0 Å². The number of rotatable bonds is 6. The quantitative estimate of drug-likeness (QED) is 0.794. The Bertz CT molecular complexity index is 785. The third-order valence-electron chi connectivity index (χ3n) is 4.47. The minimum absolute atomic E-state index is 0.367. The summed E-state index contributed by atoms with van der Waals surface area (Å²) >= 11 is 0. The van der Waals surface area contributed by atoms with E-state index in [1.54, 1.807) is 28.6 Å². The van der Waals surface area contributed by atoms with Crippen LogP contribution in [0.3, 0.4) is 0 Å². The van der Waals surface area contributed by atoms with Gasteiger partial charge in [-0.25, -0.2) is 8.42 Å². The van der Waals surface area contributed by atoms with E-state index in [0.29, 0.717) is 24.6 Å². The van der Waals surface area contributed by atoms with Crippen LogP contribution in [0.25, 0.3) is 0 Å². The highest BCUT2D eigenvalue weighted by Gasteiger charge is 2.28. The molecule has 0 atom stereocenters. The van der Waals surface area contributed by atoms with Gasteiger partial charge >= 0.3 is 0 Å². The number of hydrogen-bond acceptors (Lipinski definition) is 4. The molecule has 2 aromatic rings. The number of hydrogen-bond donors (Lipinski definition) is 0. The van der Waals surface area contributed by atoms with Crippen LogP contribution in [0, 0.1) is 6.92 Å². The summed E-state index contributed by atoms with van der Waals surface area (Å²) in [5, 5.41) is 0. The summed E-state index contributed by atoms with van der Waals surface area (Å²) in [6.07, 6.45) is 0. The lowest BCUT2D eigenvalue weighted by Gasteiger charge is -2.33. The Morgan fingerprint density at radius 1 is 0.920 bits per heavy atom. The molecule has 0 unspecified atom stereocenters. The van der Waals surface area contributed by atoms with Crippen LogP contribution in [0.2, 0.25) is 0 Å². The Balaban J connectivity index is 1.48. The predicted molar refractivity (Wildman–Crippen MR) is 98.3 cm³/mol. The largest absolute Gasteiger partial charge is 0.492 e. The predicted octanol–water partition coefficient (Wildman–Crippen LogP) is 2.38. The Morgan fingerprint density at radius 2 is 1.56 bits per heavy atom. The van der Waals surface area contributed by atoms with Crippen molar-refractivity contribution in [2.45, 2.75) is 11.8 Å². The van der Waals surface area contributed by atoms with E-state index in [0.717, 1.165) is 30.9 Å². The molecule has 0 saturated carbocycles. The molecule has 1 saturated heterocycles. The molecule has 1 aliphatic rings. The summed E-state index contributed by atoms with van der Waals surface area (Å²) in [5.74, 6) is 0.910. The van der Waals surface area contributed by atoms with E-state index < -0.39 is 10.0 Å². The minimum Gasteiger partial charge on any atom is -0.492 e. The molecule has 25 heavy (non-hydrogen) atoms. The van der Waals surface area contributed by atoms with E-state index in [4.69, 9.17) is 4.74 Å². The first-order chi connectivity index (χ1) is 12.1. The van der Waals surface area contributed by atoms with E-state index in [2.05, 4.69) is 4.90 Å². The maximum atomic E-state index is 12.6. The van der Waals surface area contributed by atoms with Crippen molar-refractivity contribution in [2.75, 3.05) is 39.3 Å². The van der Waals surface area contributed by atoms with Crippen molar-refractivity contribution < 1.29 is 13.2 Å². The van der Waals surface area contributed by atoms with Gasteiger partial charge in [-0.3, -0.25) is 4.90 Å². The number of ether oxygens (including phenoxy) is 1. The molecule has 0 spiro atoms. The number of piperazine rings is 1. The first-order valence-electron chi connectivity index (χ1n) is 8.53. The molecular weight excluding hydrogens is 336 g/mol. The second kappa shape index (κ2) is 7.99. The van der Waals surface area contributed by atoms with E-state index in [-0.39, 0.29) is 0 Å². The molecule has 1 aliphatic heterocycles. The lowest BCUT2D eigenvalue weighted by molar-refractivity contribution is 0.158. The van der Waals surface area contributed by atoms with E-state index in [1.165, 1.54) is 0 Å². The maximum Gasteiger partial charge on any atom is 0.243 e. The second-order valence-electron chi connectivity index (χ2n) is 6.17. The zero-order valence-corrected chi connectivity index (χ0v) is 15.3. The average molecular weight is 360 g/mol. The van der Waals surface area contributed by atoms with Crippen molar-refractivity contribution >= 4 is 10.0 Å². The van der Waals surface area contributed by atoms with Gasteiger partial charge in [0, 0.05) is 32.7 Å². The Morgan fingerprint density at radius 3 is 2.24 bits per heavy atom. The normalized spacial score (nSPS) is 16.7. The van der Waals surface area contributed by atoms with Gasteiger partial charge in [0.1, 0.15) is 12.4 Å². The molecule has 3 rings (SSSR count). The molecule has 1 heterocycles. The summed E-state index contributed by atoms with van der Waals surface area (Å²) in [6.45, 7) is 5.92. The molecule has 0 bridgehead atoms. The van der Waals surface area contributed by atoms with Crippen LogP contribution in [0.5, 0.6) is 5.75 Å². The first-order valence-corrected chi connectivity index (χ1v) is 9.97. The van der Waals surface area contributed by atoms with E-state index >= 15 is 0 Å². The topological polar surface area (TPSA) is 49.9 Å². The summed E-state index contributed by atoms with van der Waals surface area (Å²) in [5.41, 5.74) is 1.13. The van der Waals surface area contributed by atoms with Crippen LogP contribution in [0.4, 0.5) is 0 Å². The van der Waals surface area contributed by atoms with Gasteiger partial charge in [0.2, 0.25) is 10.0 Å². The molecule has 1 fully saturated rings. The first kappa shape index (κ1) is 17.9. The summed E-state index contributed by atoms with van der Waals surface area (Å²) < 4.78 is 32.6. The molecular formula is C19H24N2O3S. The number of benzene rings is 2. The second-order valence-corrected chi connectivity index (χ2v) is 8.11. The zero-order chi connectivity index (χ0) is 17.7. The van der Waals surface area contributed by atoms with Gasteiger partial charge in [0.25, 0.3) is 0 Å². The van der Waals surface area contributed by atoms with Gasteiger partial charge in [-0.05, 0) is 30.7 Å². The molecule has 0 N–H and O–H groups in total. The van der Waals surface area contributed by atoms with Crippen molar-refractivity contribution in [3.8, 4) is 5.75 Å². The van der Waals surface area contributed by atoms with Crippen LogP contribution in [0.15, 0.2) is 59.5 Å². The number of nitrogens with zero attached hydrogens (tertiary/aromatic N) is 2. The van der Waals surface area contributed by atoms with Crippen molar-refractivity contribution in [3.05, 3.63) is 60.2 Å². The zero-order valence-electron chi connectivity index (χ0n) is 14.5. The Labute approximate surface area is 149 Å². The summed E-state index contributed by atoms with van der Waals surface area (Å²) in [7, 11) is -3.38. The lowest BCUT2D eigenvalue weighted by atomic mass is 10.2. The van der Waals surface area contributed by atoms with Gasteiger partial charge in [-0.1, -0.05) is 36.4 Å². The highest BCUT2D eigenvalue weighted by molar-refractivity contribution is 7.89. The fourth-order valence-electron chi connectivity index (χ4n) is 2.94. The molecule has 0 aromatic heterocycles. The summed E-state index contributed by atoms with van der Waals surface area (Å²) in [4.78, 5) is 2.61. The van der Waals surface area contributed by atoms with Gasteiger partial charge in [-0.2, -0.15) is 4.31 Å². The van der Waals surface area contributed by atoms with Gasteiger partial charge in [-0.15, -0.1) is 0 Å². The molecule has 0 amide bonds. The Kier molecular flexibility index (Phi) is 5.73. The number of para-hydroxylation sites is 1. The minimum atomic E-state index is -3.38. The van der Waals surface area contributed by atoms with Crippen molar-refractivity contribution in [1.29, 1.82) is 0 Å². The van der Waals surface area contributed by atoms with Crippen molar-refractivity contribution in [1.82, 2.24) is 9.21 Å². The average Bonchev–Trinajstić information content (AvgIpc) is 2.64. The van der Waals surface area contributed by atoms with Crippen LogP contribution in [-0.2, 0) is 10.0 Å². The van der Waals surface area contributed by atoms with Crippen LogP contribution >= 0.6 is 0 Å². The molecule has 6 heteroatoms. The molecule has 134 valence electrons. The van der Waals surface area contributed by atoms with Gasteiger partial charge in [0.05, 0.1) is 4.90 Å². The third kappa shape index (κ3) is 4.39. The summed E-state index contributed by atoms with van der Waals surface area (Å²) in [6, 6.07) is 16.6. The van der Waals surface area contributed by atoms with Gasteiger partial charge < -0.3 is 4.74 Å². The van der Waals surface area contributed by atoms with Crippen LogP contribution in [0.1, 0.15) is 5.56 Å². The number of sulfonamides is 1. The molecule has 2 aromatic carbocycles. The number of aryl methyl sites for hydroxylation is 1. The monoisotopic (exact) mass is 360 g/mol. The lowest BCUT2D eigenvalue weighted by Crippen LogP contribution is -2.49. The van der Waals surface area contributed by atoms with Crippen LogP contribution < -0.4 is 4.74 Å². The standard InChI is InChI=1S/C19H24N2O3S/c1-17-7-5-6-10-19(17)24-16-15-20-11-13-21(14-12-20)25(22,23)18-8-3-2-4-9-18/h2-10H,11-16H2,1H3. The van der Waals surface area contributed by atoms with E-state index in [9.17, 15) is 8.42 Å². The van der Waals surface area contributed by atoms with Gasteiger partial charge in [0.15, 0.2) is 0 Å². The SMILES string of the molecule is Cc1ccccc1OCCN1CCN(S(=O)(=O)c2ccccc2)CC1. The fraction of sp³-hybridized carbons (Fsp3) is 0.368. The third-order valence-corrected chi connectivity index (χ3v) is 6.38. The highest BCUT2D eigenvalue weighted by Crippen LogP contribution is 2.18. The Hall–Kier alpha value is -1.89. The van der Waals surface area contributed by atoms with Crippen molar-refractivity contribution in [3.63, 3.8) is 0 Å². The maximum absolute atomic E-state index is 12.6. The fourth-order valence-corrected chi connectivity index (χ4v) is 4.38. The molecule has 0 aliphatic carbocycles.